The first kappa shape index (κ1) is 21.9. The number of hydrogen-bond donors (Lipinski definition) is 0. The lowest BCUT2D eigenvalue weighted by atomic mass is 10.1. The van der Waals surface area contributed by atoms with Gasteiger partial charge >= 0.3 is 0 Å². The molecule has 0 unspecified atom stereocenters. The lowest BCUT2D eigenvalue weighted by molar-refractivity contribution is -0.132. The topological polar surface area (TPSA) is 102 Å². The van der Waals surface area contributed by atoms with Crippen LogP contribution >= 0.6 is 0 Å². The molecule has 10 nitrogen and oxygen atoms in total. The summed E-state index contributed by atoms with van der Waals surface area (Å²) >= 11 is 0. The minimum Gasteiger partial charge on any atom is -0.340 e. The Morgan fingerprint density at radius 3 is 1.84 bits per heavy atom. The summed E-state index contributed by atoms with van der Waals surface area (Å²) in [4.78, 5) is 42.3. The van der Waals surface area contributed by atoms with Crippen LogP contribution in [-0.4, -0.2) is 115 Å². The largest absolute Gasteiger partial charge is 0.340 e. The van der Waals surface area contributed by atoms with Crippen LogP contribution < -0.4 is 0 Å². The quantitative estimate of drug-likeness (QED) is 0.552. The molecule has 168 valence electrons. The van der Waals surface area contributed by atoms with Gasteiger partial charge in [-0.1, -0.05) is 12.1 Å². The molecule has 2 saturated heterocycles. The fourth-order valence-electron chi connectivity index (χ4n) is 4.16. The van der Waals surface area contributed by atoms with Crippen molar-refractivity contribution >= 4 is 27.9 Å². The van der Waals surface area contributed by atoms with Crippen molar-refractivity contribution in [1.82, 2.24) is 23.3 Å². The van der Waals surface area contributed by atoms with Crippen molar-refractivity contribution in [2.24, 2.45) is 0 Å². The number of amides is 3. The van der Waals surface area contributed by atoms with Gasteiger partial charge in [-0.3, -0.25) is 19.3 Å². The molecule has 3 heterocycles. The van der Waals surface area contributed by atoms with Crippen LogP contribution in [0.4, 0.5) is 0 Å². The Labute approximate surface area is 182 Å². The highest BCUT2D eigenvalue weighted by molar-refractivity contribution is 7.86. The highest BCUT2D eigenvalue weighted by atomic mass is 32.2. The molecule has 3 amide bonds. The minimum atomic E-state index is -3.52. The fraction of sp³-hybridized carbons (Fsp3) is 0.550. The van der Waals surface area contributed by atoms with Crippen LogP contribution in [0.2, 0.25) is 0 Å². The van der Waals surface area contributed by atoms with Crippen LogP contribution in [0, 0.1) is 0 Å². The number of carbonyl (C=O) groups is 3. The number of imide groups is 1. The Morgan fingerprint density at radius 2 is 1.32 bits per heavy atom. The predicted molar refractivity (Wildman–Crippen MR) is 113 cm³/mol. The van der Waals surface area contributed by atoms with E-state index in [9.17, 15) is 22.8 Å². The van der Waals surface area contributed by atoms with E-state index >= 15 is 0 Å². The van der Waals surface area contributed by atoms with Crippen molar-refractivity contribution in [3.05, 3.63) is 35.4 Å². The highest BCUT2D eigenvalue weighted by Crippen LogP contribution is 2.23. The third-order valence-corrected chi connectivity index (χ3v) is 8.17. The molecule has 0 radical (unpaired) electrons. The number of fused-ring (bicyclic) bond motifs is 1. The van der Waals surface area contributed by atoms with Crippen molar-refractivity contribution in [3.8, 4) is 0 Å². The molecule has 0 saturated carbocycles. The summed E-state index contributed by atoms with van der Waals surface area (Å²) in [6.45, 7) is 3.45. The average Bonchev–Trinajstić information content (AvgIpc) is 3.02. The number of likely N-dealkylation sites (N-methyl/N-ethyl adjacent to an activating group) is 1. The van der Waals surface area contributed by atoms with Gasteiger partial charge in [0, 0.05) is 65.3 Å². The molecule has 0 spiro atoms. The number of nitrogens with zero attached hydrogens (tertiary/aromatic N) is 5. The summed E-state index contributed by atoms with van der Waals surface area (Å²) in [6, 6.07) is 6.62. The summed E-state index contributed by atoms with van der Waals surface area (Å²) in [6.07, 6.45) is 0.0245. The van der Waals surface area contributed by atoms with Gasteiger partial charge in [0.05, 0.1) is 11.1 Å². The summed E-state index contributed by atoms with van der Waals surface area (Å²) in [7, 11) is -1.56. The molecular weight excluding hydrogens is 422 g/mol. The molecule has 3 aliphatic heterocycles. The van der Waals surface area contributed by atoms with Gasteiger partial charge in [0.1, 0.15) is 0 Å². The van der Waals surface area contributed by atoms with Crippen LogP contribution in [0.5, 0.6) is 0 Å². The lowest BCUT2D eigenvalue weighted by Gasteiger charge is -2.39. The van der Waals surface area contributed by atoms with Crippen LogP contribution in [0.3, 0.4) is 0 Å². The van der Waals surface area contributed by atoms with Gasteiger partial charge in [0.15, 0.2) is 0 Å². The second-order valence-electron chi connectivity index (χ2n) is 8.05. The van der Waals surface area contributed by atoms with E-state index in [0.717, 1.165) is 4.90 Å². The molecule has 0 aliphatic carbocycles. The highest BCUT2D eigenvalue weighted by Gasteiger charge is 2.37. The van der Waals surface area contributed by atoms with Gasteiger partial charge in [0.2, 0.25) is 5.91 Å². The Morgan fingerprint density at radius 1 is 0.839 bits per heavy atom. The molecule has 0 aromatic heterocycles. The molecule has 1 aromatic carbocycles. The van der Waals surface area contributed by atoms with Gasteiger partial charge in [-0.2, -0.15) is 17.0 Å². The van der Waals surface area contributed by atoms with Gasteiger partial charge in [0.25, 0.3) is 22.0 Å². The van der Waals surface area contributed by atoms with Crippen molar-refractivity contribution < 1.29 is 22.8 Å². The smallest absolute Gasteiger partial charge is 0.282 e. The van der Waals surface area contributed by atoms with Gasteiger partial charge in [-0.25, -0.2) is 0 Å². The van der Waals surface area contributed by atoms with Crippen LogP contribution in [0.15, 0.2) is 24.3 Å². The standard InChI is InChI=1S/C20H27N5O5S/c1-21-8-12-23(13-9-21)31(29,30)24-14-10-22(11-15-24)18(26)6-7-25-19(27)16-4-2-3-5-17(16)20(25)28/h2-5H,6-15H2,1H3. The average molecular weight is 450 g/mol. The molecule has 0 bridgehead atoms. The van der Waals surface area contributed by atoms with Crippen LogP contribution in [0.25, 0.3) is 0 Å². The number of benzene rings is 1. The monoisotopic (exact) mass is 449 g/mol. The Balaban J connectivity index is 1.28. The van der Waals surface area contributed by atoms with Crippen molar-refractivity contribution in [3.63, 3.8) is 0 Å². The van der Waals surface area contributed by atoms with Gasteiger partial charge in [-0.15, -0.1) is 0 Å². The third-order valence-electron chi connectivity index (χ3n) is 6.13. The van der Waals surface area contributed by atoms with E-state index in [1.807, 2.05) is 7.05 Å². The van der Waals surface area contributed by atoms with E-state index in [0.29, 0.717) is 50.4 Å². The SMILES string of the molecule is CN1CCN(S(=O)(=O)N2CCN(C(=O)CCN3C(=O)c4ccccc4C3=O)CC2)CC1. The van der Waals surface area contributed by atoms with Crippen molar-refractivity contribution in [1.29, 1.82) is 0 Å². The molecule has 31 heavy (non-hydrogen) atoms. The van der Waals surface area contributed by atoms with Gasteiger partial charge in [-0.05, 0) is 19.2 Å². The number of rotatable bonds is 5. The second kappa shape index (κ2) is 8.65. The second-order valence-corrected chi connectivity index (χ2v) is 9.98. The van der Waals surface area contributed by atoms with Crippen molar-refractivity contribution in [2.45, 2.75) is 6.42 Å². The van der Waals surface area contributed by atoms with E-state index < -0.39 is 10.2 Å². The van der Waals surface area contributed by atoms with E-state index in [2.05, 4.69) is 4.90 Å². The summed E-state index contributed by atoms with van der Waals surface area (Å²) < 4.78 is 28.6. The van der Waals surface area contributed by atoms with Crippen LogP contribution in [0.1, 0.15) is 27.1 Å². The summed E-state index contributed by atoms with van der Waals surface area (Å²) in [5.41, 5.74) is 0.727. The maximum absolute atomic E-state index is 12.9. The molecular formula is C20H27N5O5S. The molecule has 11 heteroatoms. The minimum absolute atomic E-state index is 0.0188. The van der Waals surface area contributed by atoms with E-state index in [4.69, 9.17) is 0 Å². The number of hydrogen-bond acceptors (Lipinski definition) is 6. The molecule has 4 rings (SSSR count). The van der Waals surface area contributed by atoms with E-state index in [-0.39, 0.29) is 43.8 Å². The first-order valence-corrected chi connectivity index (χ1v) is 11.9. The first-order valence-electron chi connectivity index (χ1n) is 10.5. The Bertz CT molecular complexity index is 946. The molecule has 3 aliphatic rings. The van der Waals surface area contributed by atoms with E-state index in [1.54, 1.807) is 29.2 Å². The molecule has 0 atom stereocenters. The number of carbonyl (C=O) groups excluding carboxylic acids is 3. The van der Waals surface area contributed by atoms with Crippen LogP contribution in [-0.2, 0) is 15.0 Å². The zero-order valence-electron chi connectivity index (χ0n) is 17.6. The Hall–Kier alpha value is -2.34. The predicted octanol–water partition coefficient (Wildman–Crippen LogP) is -0.691. The molecule has 1 aromatic rings. The zero-order chi connectivity index (χ0) is 22.2. The summed E-state index contributed by atoms with van der Waals surface area (Å²) in [5, 5.41) is 0. The fourth-order valence-corrected chi connectivity index (χ4v) is 5.73. The Kier molecular flexibility index (Phi) is 6.11. The van der Waals surface area contributed by atoms with Gasteiger partial charge < -0.3 is 9.80 Å². The molecule has 0 N–H and O–H groups in total. The van der Waals surface area contributed by atoms with Crippen molar-refractivity contribution in [2.75, 3.05) is 66.0 Å². The third kappa shape index (κ3) is 4.22. The molecule has 2 fully saturated rings. The normalized spacial score (nSPS) is 21.6. The number of piperazine rings is 2. The summed E-state index contributed by atoms with van der Waals surface area (Å²) in [5.74, 6) is -0.943. The maximum Gasteiger partial charge on any atom is 0.282 e. The lowest BCUT2D eigenvalue weighted by Crippen LogP contribution is -2.57. The van der Waals surface area contributed by atoms with E-state index in [1.165, 1.54) is 8.61 Å². The maximum atomic E-state index is 12.9. The first-order chi connectivity index (χ1) is 14.8. The zero-order valence-corrected chi connectivity index (χ0v) is 18.4.